The first-order valence-electron chi connectivity index (χ1n) is 9.43. The molecule has 0 radical (unpaired) electrons. The van der Waals surface area contributed by atoms with Crippen molar-refractivity contribution in [3.8, 4) is 17.1 Å². The number of unbranched alkanes of at least 4 members (excludes halogenated alkanes) is 1. The van der Waals surface area contributed by atoms with Crippen molar-refractivity contribution in [1.29, 1.82) is 0 Å². The van der Waals surface area contributed by atoms with Gasteiger partial charge in [0.2, 0.25) is 0 Å². The number of Topliss-reactive ketones (excluding diaryl/α,β-unsaturated/α-hetero) is 1. The van der Waals surface area contributed by atoms with E-state index in [1.165, 1.54) is 11.8 Å². The Bertz CT molecular complexity index is 944. The molecule has 0 aliphatic rings. The topological polar surface area (TPSA) is 72.8 Å². The molecule has 0 fully saturated rings. The quantitative estimate of drug-likeness (QED) is 0.419. The van der Waals surface area contributed by atoms with Crippen LogP contribution in [0.3, 0.4) is 0 Å². The number of hydrogen-bond acceptors (Lipinski definition) is 5. The fraction of sp³-hybridized carbons (Fsp3) is 0.381. The van der Waals surface area contributed by atoms with Crippen LogP contribution < -0.4 is 4.74 Å². The van der Waals surface area contributed by atoms with Gasteiger partial charge in [-0.15, -0.1) is 10.2 Å². The number of carbonyl (C=O) groups excluding carboxylic acids is 1. The van der Waals surface area contributed by atoms with Crippen LogP contribution in [0.1, 0.15) is 41.5 Å². The zero-order valence-electron chi connectivity index (χ0n) is 16.8. The molecule has 1 N–H and O–H groups in total. The van der Waals surface area contributed by atoms with Crippen molar-refractivity contribution in [2.24, 2.45) is 0 Å². The molecule has 0 saturated carbocycles. The van der Waals surface area contributed by atoms with E-state index in [0.717, 1.165) is 58.6 Å². The molecule has 0 atom stereocenters. The van der Waals surface area contributed by atoms with Gasteiger partial charge in [-0.3, -0.25) is 4.79 Å². The fourth-order valence-electron chi connectivity index (χ4n) is 3.09. The molecule has 3 rings (SSSR count). The van der Waals surface area contributed by atoms with Gasteiger partial charge in [-0.1, -0.05) is 25.1 Å². The predicted molar refractivity (Wildman–Crippen MR) is 112 cm³/mol. The fourth-order valence-corrected chi connectivity index (χ4v) is 3.94. The zero-order valence-corrected chi connectivity index (χ0v) is 17.6. The van der Waals surface area contributed by atoms with E-state index in [4.69, 9.17) is 4.74 Å². The number of rotatable bonds is 9. The van der Waals surface area contributed by atoms with Gasteiger partial charge in [0.05, 0.1) is 12.9 Å². The van der Waals surface area contributed by atoms with Gasteiger partial charge in [0.15, 0.2) is 16.8 Å². The molecule has 2 aromatic heterocycles. The number of aromatic amines is 1. The average molecular weight is 399 g/mol. The van der Waals surface area contributed by atoms with Crippen LogP contribution in [0, 0.1) is 13.8 Å². The van der Waals surface area contributed by atoms with E-state index in [0.29, 0.717) is 5.75 Å². The second-order valence-electron chi connectivity index (χ2n) is 6.74. The van der Waals surface area contributed by atoms with Crippen LogP contribution in [0.15, 0.2) is 35.5 Å². The standard InChI is InChI=1S/C21H26N4O2S/c1-5-6-11-25-20(16-7-9-17(27-4)10-8-16)23-24-21(25)28-13-19(26)18-12-14(2)22-15(18)3/h7-10,12,22H,5-6,11,13H2,1-4H3. The SMILES string of the molecule is CCCCn1c(SCC(=O)c2cc(C)[nH]c2C)nnc1-c1ccc(OC)cc1. The molecule has 6 nitrogen and oxygen atoms in total. The highest BCUT2D eigenvalue weighted by Crippen LogP contribution is 2.27. The van der Waals surface area contributed by atoms with E-state index in [2.05, 4.69) is 26.7 Å². The third kappa shape index (κ3) is 4.47. The van der Waals surface area contributed by atoms with Crippen LogP contribution in [0.5, 0.6) is 5.75 Å². The molecule has 3 aromatic rings. The maximum Gasteiger partial charge on any atom is 0.191 e. The Morgan fingerprint density at radius 1 is 1.21 bits per heavy atom. The second kappa shape index (κ2) is 9.10. The predicted octanol–water partition coefficient (Wildman–Crippen LogP) is 4.67. The molecule has 0 amide bonds. The summed E-state index contributed by atoms with van der Waals surface area (Å²) in [4.78, 5) is 15.8. The van der Waals surface area contributed by atoms with Crippen LogP contribution in [-0.2, 0) is 6.54 Å². The number of benzene rings is 1. The molecule has 0 bridgehead atoms. The van der Waals surface area contributed by atoms with Crippen LogP contribution in [0.4, 0.5) is 0 Å². The molecule has 0 spiro atoms. The monoisotopic (exact) mass is 398 g/mol. The molecule has 2 heterocycles. The molecule has 7 heteroatoms. The smallest absolute Gasteiger partial charge is 0.191 e. The number of nitrogens with one attached hydrogen (secondary N) is 1. The summed E-state index contributed by atoms with van der Waals surface area (Å²) in [6.45, 7) is 6.87. The minimum atomic E-state index is 0.0999. The van der Waals surface area contributed by atoms with Crippen molar-refractivity contribution in [1.82, 2.24) is 19.7 Å². The molecule has 148 valence electrons. The first-order valence-corrected chi connectivity index (χ1v) is 10.4. The summed E-state index contributed by atoms with van der Waals surface area (Å²) in [5.74, 6) is 2.06. The maximum atomic E-state index is 12.6. The zero-order chi connectivity index (χ0) is 20.1. The number of H-pyrrole nitrogens is 1. The highest BCUT2D eigenvalue weighted by Gasteiger charge is 2.17. The Labute approximate surface area is 169 Å². The summed E-state index contributed by atoms with van der Waals surface area (Å²) in [7, 11) is 1.65. The van der Waals surface area contributed by atoms with Crippen molar-refractivity contribution >= 4 is 17.5 Å². The summed E-state index contributed by atoms with van der Waals surface area (Å²) < 4.78 is 7.35. The van der Waals surface area contributed by atoms with Crippen molar-refractivity contribution in [3.63, 3.8) is 0 Å². The van der Waals surface area contributed by atoms with Gasteiger partial charge in [0, 0.05) is 29.1 Å². The van der Waals surface area contributed by atoms with E-state index in [1.54, 1.807) is 7.11 Å². The van der Waals surface area contributed by atoms with E-state index in [1.807, 2.05) is 44.2 Å². The number of hydrogen-bond donors (Lipinski definition) is 1. The van der Waals surface area contributed by atoms with Crippen molar-refractivity contribution in [3.05, 3.63) is 47.3 Å². The number of nitrogens with zero attached hydrogens (tertiary/aromatic N) is 3. The lowest BCUT2D eigenvalue weighted by Crippen LogP contribution is -2.06. The third-order valence-electron chi connectivity index (χ3n) is 4.58. The average Bonchev–Trinajstić information content (AvgIpc) is 3.26. The van der Waals surface area contributed by atoms with E-state index in [9.17, 15) is 4.79 Å². The molecule has 0 unspecified atom stereocenters. The number of carbonyl (C=O) groups is 1. The number of aromatic nitrogens is 4. The number of thioether (sulfide) groups is 1. The van der Waals surface area contributed by atoms with Gasteiger partial charge in [0.1, 0.15) is 5.75 Å². The van der Waals surface area contributed by atoms with E-state index < -0.39 is 0 Å². The molecular weight excluding hydrogens is 372 g/mol. The summed E-state index contributed by atoms with van der Waals surface area (Å²) in [6.07, 6.45) is 2.10. The molecule has 0 saturated heterocycles. The third-order valence-corrected chi connectivity index (χ3v) is 5.55. The highest BCUT2D eigenvalue weighted by molar-refractivity contribution is 7.99. The van der Waals surface area contributed by atoms with Gasteiger partial charge in [-0.05, 0) is 50.6 Å². The molecule has 28 heavy (non-hydrogen) atoms. The molecule has 1 aromatic carbocycles. The minimum absolute atomic E-state index is 0.0999. The summed E-state index contributed by atoms with van der Waals surface area (Å²) >= 11 is 1.44. The minimum Gasteiger partial charge on any atom is -0.497 e. The largest absolute Gasteiger partial charge is 0.497 e. The van der Waals surface area contributed by atoms with Gasteiger partial charge in [-0.2, -0.15) is 0 Å². The lowest BCUT2D eigenvalue weighted by Gasteiger charge is -2.10. The lowest BCUT2D eigenvalue weighted by molar-refractivity contribution is 0.102. The number of ether oxygens (including phenoxy) is 1. The van der Waals surface area contributed by atoms with Gasteiger partial charge in [-0.25, -0.2) is 0 Å². The van der Waals surface area contributed by atoms with Crippen molar-refractivity contribution in [2.75, 3.05) is 12.9 Å². The highest BCUT2D eigenvalue weighted by atomic mass is 32.2. The Morgan fingerprint density at radius 2 is 1.96 bits per heavy atom. The van der Waals surface area contributed by atoms with Gasteiger partial charge >= 0.3 is 0 Å². The number of ketones is 1. The van der Waals surface area contributed by atoms with Crippen LogP contribution in [-0.4, -0.2) is 38.4 Å². The number of aryl methyl sites for hydroxylation is 2. The van der Waals surface area contributed by atoms with Crippen molar-refractivity contribution in [2.45, 2.75) is 45.3 Å². The van der Waals surface area contributed by atoms with Crippen LogP contribution in [0.25, 0.3) is 11.4 Å². The Balaban J connectivity index is 1.81. The van der Waals surface area contributed by atoms with Crippen molar-refractivity contribution < 1.29 is 9.53 Å². The number of methoxy groups -OCH3 is 1. The Hall–Kier alpha value is -2.54. The summed E-state index contributed by atoms with van der Waals surface area (Å²) in [5.41, 5.74) is 3.65. The summed E-state index contributed by atoms with van der Waals surface area (Å²) in [6, 6.07) is 9.71. The Morgan fingerprint density at radius 3 is 2.57 bits per heavy atom. The normalized spacial score (nSPS) is 11.0. The molecule has 0 aliphatic carbocycles. The molecule has 0 aliphatic heterocycles. The van der Waals surface area contributed by atoms with Gasteiger partial charge in [0.25, 0.3) is 0 Å². The Kier molecular flexibility index (Phi) is 6.57. The maximum absolute atomic E-state index is 12.6. The van der Waals surface area contributed by atoms with Crippen LogP contribution in [0.2, 0.25) is 0 Å². The second-order valence-corrected chi connectivity index (χ2v) is 7.69. The summed E-state index contributed by atoms with van der Waals surface area (Å²) in [5, 5.41) is 9.54. The lowest BCUT2D eigenvalue weighted by atomic mass is 10.2. The van der Waals surface area contributed by atoms with Crippen LogP contribution >= 0.6 is 11.8 Å². The van der Waals surface area contributed by atoms with Gasteiger partial charge < -0.3 is 14.3 Å². The molecular formula is C21H26N4O2S. The van der Waals surface area contributed by atoms with E-state index >= 15 is 0 Å². The van der Waals surface area contributed by atoms with E-state index in [-0.39, 0.29) is 5.78 Å². The first-order chi connectivity index (χ1) is 13.5. The first kappa shape index (κ1) is 20.2.